The SMILES string of the molecule is CCCCN=C(N)Nc1cccc(Oc2ccccc2)c1. The molecule has 0 amide bonds. The van der Waals surface area contributed by atoms with Crippen LogP contribution in [0.2, 0.25) is 0 Å². The molecular formula is C17H21N3O. The van der Waals surface area contributed by atoms with Crippen molar-refractivity contribution in [2.45, 2.75) is 19.8 Å². The number of nitrogens with two attached hydrogens (primary N) is 1. The molecule has 0 aromatic heterocycles. The van der Waals surface area contributed by atoms with Crippen molar-refractivity contribution in [3.63, 3.8) is 0 Å². The van der Waals surface area contributed by atoms with E-state index in [1.165, 1.54) is 0 Å². The predicted molar refractivity (Wildman–Crippen MR) is 88.0 cm³/mol. The molecule has 4 heteroatoms. The molecule has 0 unspecified atom stereocenters. The molecule has 0 fully saturated rings. The zero-order chi connectivity index (χ0) is 14.9. The highest BCUT2D eigenvalue weighted by Crippen LogP contribution is 2.23. The highest BCUT2D eigenvalue weighted by atomic mass is 16.5. The minimum absolute atomic E-state index is 0.431. The van der Waals surface area contributed by atoms with Crippen molar-refractivity contribution >= 4 is 11.6 Å². The molecular weight excluding hydrogens is 262 g/mol. The molecule has 21 heavy (non-hydrogen) atoms. The molecule has 110 valence electrons. The van der Waals surface area contributed by atoms with E-state index in [0.717, 1.165) is 36.6 Å². The summed E-state index contributed by atoms with van der Waals surface area (Å²) in [5, 5.41) is 3.07. The van der Waals surface area contributed by atoms with Crippen LogP contribution in [0.1, 0.15) is 19.8 Å². The van der Waals surface area contributed by atoms with Crippen LogP contribution < -0.4 is 15.8 Å². The third-order valence-electron chi connectivity index (χ3n) is 2.88. The summed E-state index contributed by atoms with van der Waals surface area (Å²) >= 11 is 0. The van der Waals surface area contributed by atoms with Gasteiger partial charge in [0.25, 0.3) is 0 Å². The van der Waals surface area contributed by atoms with Crippen molar-refractivity contribution in [2.75, 3.05) is 11.9 Å². The van der Waals surface area contributed by atoms with Crippen LogP contribution in [-0.4, -0.2) is 12.5 Å². The number of unbranched alkanes of at least 4 members (excludes halogenated alkanes) is 1. The van der Waals surface area contributed by atoms with Gasteiger partial charge >= 0.3 is 0 Å². The molecule has 0 heterocycles. The van der Waals surface area contributed by atoms with Crippen molar-refractivity contribution in [1.29, 1.82) is 0 Å². The fourth-order valence-electron chi connectivity index (χ4n) is 1.81. The fourth-order valence-corrected chi connectivity index (χ4v) is 1.81. The molecule has 0 bridgehead atoms. The zero-order valence-electron chi connectivity index (χ0n) is 12.3. The topological polar surface area (TPSA) is 59.6 Å². The average Bonchev–Trinajstić information content (AvgIpc) is 2.49. The van der Waals surface area contributed by atoms with Crippen molar-refractivity contribution in [1.82, 2.24) is 0 Å². The van der Waals surface area contributed by atoms with Gasteiger partial charge in [-0.05, 0) is 30.7 Å². The Balaban J connectivity index is 1.99. The average molecular weight is 283 g/mol. The Morgan fingerprint density at radius 2 is 1.86 bits per heavy atom. The highest BCUT2D eigenvalue weighted by molar-refractivity contribution is 5.92. The van der Waals surface area contributed by atoms with Crippen molar-refractivity contribution < 1.29 is 4.74 Å². The Morgan fingerprint density at radius 3 is 2.62 bits per heavy atom. The van der Waals surface area contributed by atoms with E-state index in [-0.39, 0.29) is 0 Å². The minimum Gasteiger partial charge on any atom is -0.457 e. The molecule has 0 spiro atoms. The van der Waals surface area contributed by atoms with Gasteiger partial charge < -0.3 is 15.8 Å². The fraction of sp³-hybridized carbons (Fsp3) is 0.235. The molecule has 0 radical (unpaired) electrons. The Morgan fingerprint density at radius 1 is 1.10 bits per heavy atom. The molecule has 4 nitrogen and oxygen atoms in total. The molecule has 0 aliphatic carbocycles. The van der Waals surface area contributed by atoms with Gasteiger partial charge in [0.05, 0.1) is 0 Å². The Labute approximate surface area is 125 Å². The van der Waals surface area contributed by atoms with Crippen molar-refractivity contribution in [3.05, 3.63) is 54.6 Å². The summed E-state index contributed by atoms with van der Waals surface area (Å²) < 4.78 is 5.78. The molecule has 0 saturated carbocycles. The second kappa shape index (κ2) is 7.94. The quantitative estimate of drug-likeness (QED) is 0.478. The Kier molecular flexibility index (Phi) is 5.64. The van der Waals surface area contributed by atoms with Crippen molar-refractivity contribution in [2.24, 2.45) is 10.7 Å². The van der Waals surface area contributed by atoms with E-state index >= 15 is 0 Å². The maximum Gasteiger partial charge on any atom is 0.193 e. The first-order chi connectivity index (χ1) is 10.3. The minimum atomic E-state index is 0.431. The number of nitrogens with one attached hydrogen (secondary N) is 1. The van der Waals surface area contributed by atoms with Crippen LogP contribution in [0.3, 0.4) is 0 Å². The van der Waals surface area contributed by atoms with Crippen LogP contribution in [-0.2, 0) is 0 Å². The van der Waals surface area contributed by atoms with Gasteiger partial charge in [0.1, 0.15) is 11.5 Å². The summed E-state index contributed by atoms with van der Waals surface area (Å²) in [5.41, 5.74) is 6.71. The number of aliphatic imine (C=N–C) groups is 1. The number of benzene rings is 2. The largest absolute Gasteiger partial charge is 0.457 e. The van der Waals surface area contributed by atoms with Crippen molar-refractivity contribution in [3.8, 4) is 11.5 Å². The number of hydrogen-bond acceptors (Lipinski definition) is 2. The Bertz CT molecular complexity index is 582. The molecule has 0 saturated heterocycles. The van der Waals surface area contributed by atoms with E-state index in [2.05, 4.69) is 17.2 Å². The van der Waals surface area contributed by atoms with Crippen LogP contribution in [0.4, 0.5) is 5.69 Å². The molecule has 0 atom stereocenters. The number of nitrogens with zero attached hydrogens (tertiary/aromatic N) is 1. The Hall–Kier alpha value is -2.49. The van der Waals surface area contributed by atoms with Crippen LogP contribution in [0.5, 0.6) is 11.5 Å². The molecule has 2 rings (SSSR count). The number of anilines is 1. The number of ether oxygens (including phenoxy) is 1. The van der Waals surface area contributed by atoms with Crippen LogP contribution in [0, 0.1) is 0 Å². The van der Waals surface area contributed by atoms with Gasteiger partial charge in [0.15, 0.2) is 5.96 Å². The maximum absolute atomic E-state index is 5.85. The second-order valence-corrected chi connectivity index (χ2v) is 4.69. The van der Waals surface area contributed by atoms with Gasteiger partial charge in [-0.1, -0.05) is 37.6 Å². The van der Waals surface area contributed by atoms with E-state index in [4.69, 9.17) is 10.5 Å². The first-order valence-electron chi connectivity index (χ1n) is 7.18. The van der Waals surface area contributed by atoms with E-state index < -0.39 is 0 Å². The second-order valence-electron chi connectivity index (χ2n) is 4.69. The van der Waals surface area contributed by atoms with Gasteiger partial charge in [-0.15, -0.1) is 0 Å². The summed E-state index contributed by atoms with van der Waals surface area (Å²) in [5.74, 6) is 1.99. The molecule has 0 aliphatic rings. The van der Waals surface area contributed by atoms with Gasteiger partial charge in [-0.3, -0.25) is 4.99 Å². The van der Waals surface area contributed by atoms with E-state index in [9.17, 15) is 0 Å². The number of rotatable bonds is 6. The smallest absolute Gasteiger partial charge is 0.193 e. The van der Waals surface area contributed by atoms with Gasteiger partial charge in [-0.2, -0.15) is 0 Å². The lowest BCUT2D eigenvalue weighted by Gasteiger charge is -2.09. The molecule has 2 aromatic carbocycles. The van der Waals surface area contributed by atoms with Gasteiger partial charge in [0, 0.05) is 18.3 Å². The van der Waals surface area contributed by atoms with Crippen LogP contribution in [0.25, 0.3) is 0 Å². The first kappa shape index (κ1) is 14.9. The number of guanidine groups is 1. The van der Waals surface area contributed by atoms with Gasteiger partial charge in [0.2, 0.25) is 0 Å². The monoisotopic (exact) mass is 283 g/mol. The maximum atomic E-state index is 5.85. The van der Waals surface area contributed by atoms with E-state index in [0.29, 0.717) is 5.96 Å². The van der Waals surface area contributed by atoms with E-state index in [1.807, 2.05) is 54.6 Å². The summed E-state index contributed by atoms with van der Waals surface area (Å²) in [6.07, 6.45) is 2.15. The zero-order valence-corrected chi connectivity index (χ0v) is 12.3. The number of hydrogen-bond donors (Lipinski definition) is 2. The number of para-hydroxylation sites is 1. The normalized spacial score (nSPS) is 11.2. The van der Waals surface area contributed by atoms with E-state index in [1.54, 1.807) is 0 Å². The summed E-state index contributed by atoms with van der Waals surface area (Å²) in [6.45, 7) is 2.87. The molecule has 0 aliphatic heterocycles. The lowest BCUT2D eigenvalue weighted by Crippen LogP contribution is -2.22. The summed E-state index contributed by atoms with van der Waals surface area (Å²) in [6, 6.07) is 17.3. The summed E-state index contributed by atoms with van der Waals surface area (Å²) in [4.78, 5) is 4.27. The van der Waals surface area contributed by atoms with Gasteiger partial charge in [-0.25, -0.2) is 0 Å². The highest BCUT2D eigenvalue weighted by Gasteiger charge is 2.00. The van der Waals surface area contributed by atoms with Crippen LogP contribution in [0.15, 0.2) is 59.6 Å². The predicted octanol–water partition coefficient (Wildman–Crippen LogP) is 4.01. The standard InChI is InChI=1S/C17H21N3O/c1-2-3-12-19-17(18)20-14-8-7-11-16(13-14)21-15-9-5-4-6-10-15/h4-11,13H,2-3,12H2,1H3,(H3,18,19,20). The molecule has 3 N–H and O–H groups in total. The lowest BCUT2D eigenvalue weighted by atomic mass is 10.3. The molecule has 2 aromatic rings. The third-order valence-corrected chi connectivity index (χ3v) is 2.88. The first-order valence-corrected chi connectivity index (χ1v) is 7.18. The summed E-state index contributed by atoms with van der Waals surface area (Å²) in [7, 11) is 0. The lowest BCUT2D eigenvalue weighted by molar-refractivity contribution is 0.483. The van der Waals surface area contributed by atoms with Crippen LogP contribution >= 0.6 is 0 Å². The third kappa shape index (κ3) is 5.18.